The van der Waals surface area contributed by atoms with Gasteiger partial charge in [0.2, 0.25) is 0 Å². The van der Waals surface area contributed by atoms with Crippen LogP contribution in [0.4, 0.5) is 5.95 Å². The fraction of sp³-hybridized carbons (Fsp3) is 0.308. The zero-order chi connectivity index (χ0) is 13.4. The lowest BCUT2D eigenvalue weighted by molar-refractivity contribution is 0.412. The third kappa shape index (κ3) is 1.88. The van der Waals surface area contributed by atoms with Crippen LogP contribution < -0.4 is 10.5 Å². The van der Waals surface area contributed by atoms with Crippen molar-refractivity contribution in [2.45, 2.75) is 20.8 Å². The smallest absolute Gasteiger partial charge is 0.197 e. The van der Waals surface area contributed by atoms with Crippen LogP contribution in [-0.2, 0) is 0 Å². The van der Waals surface area contributed by atoms with Crippen molar-refractivity contribution >= 4 is 21.9 Å². The van der Waals surface area contributed by atoms with Gasteiger partial charge in [0.05, 0.1) is 19.0 Å². The first-order chi connectivity index (χ1) is 8.47. The molecule has 18 heavy (non-hydrogen) atoms. The molecule has 0 unspecified atom stereocenters. The second-order valence-corrected chi connectivity index (χ2v) is 5.07. The van der Waals surface area contributed by atoms with E-state index < -0.39 is 0 Å². The standard InChI is InChI=1S/C13H16BrN3O/c1-6-7(2)12(18-4)10(8(3)11(6)14)9-5-16-13(15)17-9/h5H,1-4H3,(H3,15,16,17). The van der Waals surface area contributed by atoms with Gasteiger partial charge < -0.3 is 15.5 Å². The van der Waals surface area contributed by atoms with Crippen LogP contribution in [0.15, 0.2) is 10.7 Å². The van der Waals surface area contributed by atoms with Crippen molar-refractivity contribution in [3.05, 3.63) is 27.4 Å². The van der Waals surface area contributed by atoms with Crippen LogP contribution in [0.5, 0.6) is 5.75 Å². The molecular formula is C13H16BrN3O. The van der Waals surface area contributed by atoms with Crippen molar-refractivity contribution in [1.29, 1.82) is 0 Å². The van der Waals surface area contributed by atoms with Gasteiger partial charge in [0, 0.05) is 10.0 Å². The molecule has 0 radical (unpaired) electrons. The molecule has 2 rings (SSSR count). The van der Waals surface area contributed by atoms with E-state index in [-0.39, 0.29) is 0 Å². The highest BCUT2D eigenvalue weighted by molar-refractivity contribution is 9.10. The summed E-state index contributed by atoms with van der Waals surface area (Å²) in [6.45, 7) is 6.16. The third-order valence-corrected chi connectivity index (χ3v) is 4.42. The van der Waals surface area contributed by atoms with Gasteiger partial charge in [-0.2, -0.15) is 0 Å². The molecule has 4 nitrogen and oxygen atoms in total. The summed E-state index contributed by atoms with van der Waals surface area (Å²) in [7, 11) is 1.68. The average molecular weight is 310 g/mol. The quantitative estimate of drug-likeness (QED) is 0.894. The zero-order valence-corrected chi connectivity index (χ0v) is 12.5. The second-order valence-electron chi connectivity index (χ2n) is 4.28. The molecule has 0 bridgehead atoms. The number of nitrogens with one attached hydrogen (secondary N) is 1. The number of aromatic amines is 1. The lowest BCUT2D eigenvalue weighted by Gasteiger charge is -2.17. The minimum Gasteiger partial charge on any atom is -0.496 e. The molecule has 5 heteroatoms. The van der Waals surface area contributed by atoms with Gasteiger partial charge in [0.25, 0.3) is 0 Å². The van der Waals surface area contributed by atoms with Crippen molar-refractivity contribution in [2.75, 3.05) is 12.8 Å². The van der Waals surface area contributed by atoms with E-state index in [1.807, 2.05) is 13.8 Å². The number of methoxy groups -OCH3 is 1. The van der Waals surface area contributed by atoms with Gasteiger partial charge in [-0.3, -0.25) is 0 Å². The Morgan fingerprint density at radius 3 is 2.39 bits per heavy atom. The highest BCUT2D eigenvalue weighted by atomic mass is 79.9. The summed E-state index contributed by atoms with van der Waals surface area (Å²) in [5.41, 5.74) is 10.9. The highest BCUT2D eigenvalue weighted by Gasteiger charge is 2.19. The molecule has 0 amide bonds. The Labute approximate surface area is 115 Å². The Balaban J connectivity index is 2.81. The first-order valence-electron chi connectivity index (χ1n) is 5.61. The van der Waals surface area contributed by atoms with Crippen molar-refractivity contribution in [3.63, 3.8) is 0 Å². The monoisotopic (exact) mass is 309 g/mol. The van der Waals surface area contributed by atoms with Gasteiger partial charge in [0.1, 0.15) is 5.75 Å². The number of nitrogens with two attached hydrogens (primary N) is 1. The highest BCUT2D eigenvalue weighted by Crippen LogP contribution is 2.41. The number of rotatable bonds is 2. The molecule has 0 saturated carbocycles. The van der Waals surface area contributed by atoms with Crippen LogP contribution >= 0.6 is 15.9 Å². The van der Waals surface area contributed by atoms with E-state index >= 15 is 0 Å². The van der Waals surface area contributed by atoms with Crippen LogP contribution in [0.25, 0.3) is 11.3 Å². The topological polar surface area (TPSA) is 63.9 Å². The van der Waals surface area contributed by atoms with Crippen LogP contribution in [0.1, 0.15) is 16.7 Å². The molecule has 0 atom stereocenters. The van der Waals surface area contributed by atoms with E-state index in [0.29, 0.717) is 5.95 Å². The zero-order valence-electron chi connectivity index (χ0n) is 10.9. The maximum absolute atomic E-state index is 5.64. The summed E-state index contributed by atoms with van der Waals surface area (Å²) in [4.78, 5) is 7.09. The van der Waals surface area contributed by atoms with Gasteiger partial charge >= 0.3 is 0 Å². The average Bonchev–Trinajstić information content (AvgIpc) is 2.77. The summed E-state index contributed by atoms with van der Waals surface area (Å²) < 4.78 is 6.63. The Morgan fingerprint density at radius 2 is 1.89 bits per heavy atom. The lowest BCUT2D eigenvalue weighted by atomic mass is 9.97. The first kappa shape index (κ1) is 13.0. The van der Waals surface area contributed by atoms with Crippen molar-refractivity contribution in [3.8, 4) is 17.0 Å². The van der Waals surface area contributed by atoms with Gasteiger partial charge in [-0.05, 0) is 37.5 Å². The third-order valence-electron chi connectivity index (χ3n) is 3.23. The summed E-state index contributed by atoms with van der Waals surface area (Å²) in [5, 5.41) is 0. The minimum absolute atomic E-state index is 0.404. The summed E-state index contributed by atoms with van der Waals surface area (Å²) >= 11 is 3.63. The van der Waals surface area contributed by atoms with E-state index in [4.69, 9.17) is 10.5 Å². The number of ether oxygens (including phenoxy) is 1. The number of nitrogen functional groups attached to an aromatic ring is 1. The molecule has 1 aromatic heterocycles. The fourth-order valence-electron chi connectivity index (χ4n) is 2.13. The number of imidazole rings is 1. The number of hydrogen-bond donors (Lipinski definition) is 2. The van der Waals surface area contributed by atoms with Gasteiger partial charge in [-0.15, -0.1) is 0 Å². The number of hydrogen-bond acceptors (Lipinski definition) is 3. The molecule has 0 saturated heterocycles. The maximum Gasteiger partial charge on any atom is 0.197 e. The van der Waals surface area contributed by atoms with Crippen LogP contribution in [0.2, 0.25) is 0 Å². The molecular weight excluding hydrogens is 294 g/mol. The van der Waals surface area contributed by atoms with Crippen LogP contribution in [0.3, 0.4) is 0 Å². The van der Waals surface area contributed by atoms with Gasteiger partial charge in [-0.25, -0.2) is 4.98 Å². The van der Waals surface area contributed by atoms with Crippen molar-refractivity contribution in [1.82, 2.24) is 9.97 Å². The molecule has 0 fully saturated rings. The molecule has 0 aliphatic heterocycles. The minimum atomic E-state index is 0.404. The van der Waals surface area contributed by atoms with E-state index in [1.165, 1.54) is 5.56 Å². The molecule has 1 aromatic carbocycles. The van der Waals surface area contributed by atoms with E-state index in [1.54, 1.807) is 13.3 Å². The van der Waals surface area contributed by atoms with Crippen molar-refractivity contribution in [2.24, 2.45) is 0 Å². The van der Waals surface area contributed by atoms with E-state index in [2.05, 4.69) is 32.8 Å². The lowest BCUT2D eigenvalue weighted by Crippen LogP contribution is -1.99. The Bertz CT molecular complexity index is 605. The number of H-pyrrole nitrogens is 1. The molecule has 0 spiro atoms. The van der Waals surface area contributed by atoms with Crippen LogP contribution in [0, 0.1) is 20.8 Å². The second kappa shape index (κ2) is 4.65. The number of benzene rings is 1. The number of nitrogens with zero attached hydrogens (tertiary/aromatic N) is 1. The molecule has 1 heterocycles. The molecule has 0 aliphatic carbocycles. The molecule has 0 aliphatic rings. The van der Waals surface area contributed by atoms with Gasteiger partial charge in [0.15, 0.2) is 5.95 Å². The Kier molecular flexibility index (Phi) is 3.34. The van der Waals surface area contributed by atoms with Crippen molar-refractivity contribution < 1.29 is 4.74 Å². The first-order valence-corrected chi connectivity index (χ1v) is 6.40. The van der Waals surface area contributed by atoms with Gasteiger partial charge in [-0.1, -0.05) is 15.9 Å². The fourth-order valence-corrected chi connectivity index (χ4v) is 2.62. The Morgan fingerprint density at radius 1 is 1.22 bits per heavy atom. The number of aromatic nitrogens is 2. The predicted molar refractivity (Wildman–Crippen MR) is 76.9 cm³/mol. The maximum atomic E-state index is 5.64. The Hall–Kier alpha value is -1.49. The summed E-state index contributed by atoms with van der Waals surface area (Å²) in [5.74, 6) is 1.26. The number of halogens is 1. The van der Waals surface area contributed by atoms with Crippen LogP contribution in [-0.4, -0.2) is 17.1 Å². The predicted octanol–water partition coefficient (Wildman–Crippen LogP) is 3.36. The molecule has 96 valence electrons. The summed E-state index contributed by atoms with van der Waals surface area (Å²) in [6, 6.07) is 0. The molecule has 3 N–H and O–H groups in total. The summed E-state index contributed by atoms with van der Waals surface area (Å²) in [6.07, 6.45) is 1.72. The normalized spacial score (nSPS) is 10.7. The van der Waals surface area contributed by atoms with E-state index in [0.717, 1.165) is 32.6 Å². The number of anilines is 1. The SMILES string of the molecule is COc1c(C)c(C)c(Br)c(C)c1-c1cnc(N)[nH]1. The van der Waals surface area contributed by atoms with E-state index in [9.17, 15) is 0 Å². The largest absolute Gasteiger partial charge is 0.496 e. The molecule has 2 aromatic rings.